The number of hydrogen-bond donors (Lipinski definition) is 0. The molecule has 3 aromatic rings. The summed E-state index contributed by atoms with van der Waals surface area (Å²) in [6.07, 6.45) is 1.52. The molecule has 0 spiro atoms. The fraction of sp³-hybridized carbons (Fsp3) is 0.273. The molecule has 0 atom stereocenters. The van der Waals surface area contributed by atoms with Crippen LogP contribution in [-0.4, -0.2) is 17.5 Å². The lowest BCUT2D eigenvalue weighted by atomic mass is 9.77. The Bertz CT molecular complexity index is 1060. The molecule has 0 radical (unpaired) electrons. The molecule has 0 fully saturated rings. The molecular formula is C22H19Cl3N2O3. The van der Waals surface area contributed by atoms with E-state index >= 15 is 0 Å². The van der Waals surface area contributed by atoms with Gasteiger partial charge in [-0.25, -0.2) is 4.98 Å². The third-order valence-electron chi connectivity index (χ3n) is 4.69. The number of halogens is 3. The molecule has 156 valence electrons. The molecule has 0 amide bonds. The van der Waals surface area contributed by atoms with Crippen LogP contribution in [0.1, 0.15) is 36.3 Å². The highest BCUT2D eigenvalue weighted by molar-refractivity contribution is 6.32. The van der Waals surface area contributed by atoms with Crippen molar-refractivity contribution >= 4 is 34.8 Å². The maximum absolute atomic E-state index is 9.54. The Balaban J connectivity index is 1.80. The second-order valence-electron chi connectivity index (χ2n) is 7.00. The minimum atomic E-state index is -0.406. The average molecular weight is 466 g/mol. The van der Waals surface area contributed by atoms with Gasteiger partial charge < -0.3 is 13.9 Å². The van der Waals surface area contributed by atoms with Gasteiger partial charge in [-0.2, -0.15) is 5.26 Å². The maximum atomic E-state index is 9.54. The lowest BCUT2D eigenvalue weighted by Crippen LogP contribution is -2.19. The van der Waals surface area contributed by atoms with Crippen LogP contribution in [-0.2, 0) is 12.0 Å². The molecule has 3 rings (SSSR count). The highest BCUT2D eigenvalue weighted by Gasteiger charge is 2.26. The summed E-state index contributed by atoms with van der Waals surface area (Å²) in [5, 5.41) is 10.0. The summed E-state index contributed by atoms with van der Waals surface area (Å²) in [5.74, 6) is 1.89. The van der Waals surface area contributed by atoms with Gasteiger partial charge in [-0.05, 0) is 47.0 Å². The average Bonchev–Trinajstić information content (AvgIpc) is 3.16. The summed E-state index contributed by atoms with van der Waals surface area (Å²) in [5.41, 5.74) is 1.90. The summed E-state index contributed by atoms with van der Waals surface area (Å²) in [6, 6.07) is 13.5. The van der Waals surface area contributed by atoms with Crippen LogP contribution < -0.4 is 9.47 Å². The molecule has 0 unspecified atom stereocenters. The molecule has 5 nitrogen and oxygen atoms in total. The topological polar surface area (TPSA) is 68.3 Å². The Morgan fingerprint density at radius 2 is 1.83 bits per heavy atom. The van der Waals surface area contributed by atoms with Crippen molar-refractivity contribution in [3.05, 3.63) is 75.4 Å². The van der Waals surface area contributed by atoms with Gasteiger partial charge in [-0.3, -0.25) is 0 Å². The van der Waals surface area contributed by atoms with Crippen LogP contribution >= 0.6 is 34.8 Å². The van der Waals surface area contributed by atoms with Gasteiger partial charge in [0.15, 0.2) is 11.5 Å². The standard InChI is InChI=1S/C22H19Cl3N2O3/c1-22(2,16-9-14(11-26)20(19(24)10-16)28-8-7-23)15-3-5-17(6-4-15)29-13-18-12-27-21(25)30-18/h3-6,9-10,12H,7-8,13H2,1-2H3. The van der Waals surface area contributed by atoms with Gasteiger partial charge in [-0.1, -0.05) is 37.6 Å². The molecule has 0 saturated heterocycles. The van der Waals surface area contributed by atoms with Crippen LogP contribution in [0, 0.1) is 11.3 Å². The number of benzene rings is 2. The van der Waals surface area contributed by atoms with Crippen LogP contribution in [0.2, 0.25) is 10.4 Å². The molecule has 0 saturated carbocycles. The van der Waals surface area contributed by atoms with E-state index in [-0.39, 0.29) is 18.6 Å². The van der Waals surface area contributed by atoms with Gasteiger partial charge in [0.25, 0.3) is 5.35 Å². The summed E-state index contributed by atoms with van der Waals surface area (Å²) < 4.78 is 16.4. The van der Waals surface area contributed by atoms with Gasteiger partial charge >= 0.3 is 0 Å². The Hall–Kier alpha value is -2.39. The van der Waals surface area contributed by atoms with Crippen molar-refractivity contribution in [2.45, 2.75) is 25.9 Å². The summed E-state index contributed by atoms with van der Waals surface area (Å²) in [6.45, 7) is 4.63. The predicted octanol–water partition coefficient (Wildman–Crippen LogP) is 6.38. The summed E-state index contributed by atoms with van der Waals surface area (Å²) >= 11 is 17.7. The fourth-order valence-electron chi connectivity index (χ4n) is 2.96. The molecule has 0 aliphatic heterocycles. The van der Waals surface area contributed by atoms with E-state index in [0.717, 1.165) is 11.1 Å². The van der Waals surface area contributed by atoms with E-state index in [1.165, 1.54) is 6.20 Å². The number of nitriles is 1. The van der Waals surface area contributed by atoms with Crippen LogP contribution in [0.25, 0.3) is 0 Å². The molecular weight excluding hydrogens is 447 g/mol. The van der Waals surface area contributed by atoms with Crippen molar-refractivity contribution in [2.75, 3.05) is 12.5 Å². The van der Waals surface area contributed by atoms with E-state index in [2.05, 4.69) is 24.9 Å². The first-order chi connectivity index (χ1) is 14.3. The minimum absolute atomic E-state index is 0.0835. The van der Waals surface area contributed by atoms with E-state index in [0.29, 0.717) is 33.7 Å². The third kappa shape index (κ3) is 5.02. The molecule has 0 aliphatic rings. The maximum Gasteiger partial charge on any atom is 0.292 e. The Labute approximate surface area is 190 Å². The number of hydrogen-bond acceptors (Lipinski definition) is 5. The third-order valence-corrected chi connectivity index (χ3v) is 5.30. The molecule has 0 aliphatic carbocycles. The number of aromatic nitrogens is 1. The smallest absolute Gasteiger partial charge is 0.292 e. The molecule has 0 N–H and O–H groups in total. The van der Waals surface area contributed by atoms with Crippen molar-refractivity contribution < 1.29 is 13.9 Å². The van der Waals surface area contributed by atoms with Crippen molar-refractivity contribution in [3.63, 3.8) is 0 Å². The number of alkyl halides is 1. The molecule has 30 heavy (non-hydrogen) atoms. The zero-order valence-electron chi connectivity index (χ0n) is 16.4. The SMILES string of the molecule is CC(C)(c1ccc(OCc2cnc(Cl)o2)cc1)c1cc(Cl)c(OCCCl)c(C#N)c1. The monoisotopic (exact) mass is 464 g/mol. The molecule has 1 heterocycles. The number of ether oxygens (including phenoxy) is 2. The number of oxazole rings is 1. The first-order valence-electron chi connectivity index (χ1n) is 9.11. The second kappa shape index (κ2) is 9.61. The van der Waals surface area contributed by atoms with E-state index < -0.39 is 5.41 Å². The van der Waals surface area contributed by atoms with Crippen LogP contribution in [0.4, 0.5) is 0 Å². The Kier molecular flexibility index (Phi) is 7.14. The summed E-state index contributed by atoms with van der Waals surface area (Å²) in [4.78, 5) is 3.82. The Morgan fingerprint density at radius 3 is 2.43 bits per heavy atom. The largest absolute Gasteiger partial charge is 0.489 e. The van der Waals surface area contributed by atoms with E-state index in [1.54, 1.807) is 6.07 Å². The zero-order valence-corrected chi connectivity index (χ0v) is 18.7. The normalized spacial score (nSPS) is 11.2. The van der Waals surface area contributed by atoms with Crippen LogP contribution in [0.5, 0.6) is 11.5 Å². The van der Waals surface area contributed by atoms with E-state index in [1.807, 2.05) is 30.3 Å². The van der Waals surface area contributed by atoms with Crippen molar-refractivity contribution in [1.82, 2.24) is 4.98 Å². The van der Waals surface area contributed by atoms with E-state index in [9.17, 15) is 5.26 Å². The minimum Gasteiger partial charge on any atom is -0.489 e. The van der Waals surface area contributed by atoms with Crippen molar-refractivity contribution in [1.29, 1.82) is 5.26 Å². The van der Waals surface area contributed by atoms with Gasteiger partial charge in [-0.15, -0.1) is 11.6 Å². The molecule has 8 heteroatoms. The van der Waals surface area contributed by atoms with Gasteiger partial charge in [0.1, 0.15) is 25.0 Å². The van der Waals surface area contributed by atoms with Gasteiger partial charge in [0.2, 0.25) is 0 Å². The highest BCUT2D eigenvalue weighted by Crippen LogP contribution is 2.38. The van der Waals surface area contributed by atoms with Crippen LogP contribution in [0.15, 0.2) is 47.0 Å². The molecule has 2 aromatic carbocycles. The lowest BCUT2D eigenvalue weighted by Gasteiger charge is -2.27. The van der Waals surface area contributed by atoms with Crippen molar-refractivity contribution in [2.24, 2.45) is 0 Å². The van der Waals surface area contributed by atoms with Crippen molar-refractivity contribution in [3.8, 4) is 17.6 Å². The van der Waals surface area contributed by atoms with Gasteiger partial charge in [0.05, 0.1) is 22.7 Å². The second-order valence-corrected chi connectivity index (χ2v) is 8.11. The van der Waals surface area contributed by atoms with Crippen LogP contribution in [0.3, 0.4) is 0 Å². The Morgan fingerprint density at radius 1 is 1.10 bits per heavy atom. The number of rotatable bonds is 8. The fourth-order valence-corrected chi connectivity index (χ4v) is 3.46. The number of nitrogens with zero attached hydrogens (tertiary/aromatic N) is 2. The molecule has 0 bridgehead atoms. The first-order valence-corrected chi connectivity index (χ1v) is 10.4. The first kappa shape index (κ1) is 22.3. The lowest BCUT2D eigenvalue weighted by molar-refractivity contribution is 0.270. The molecule has 1 aromatic heterocycles. The quantitative estimate of drug-likeness (QED) is 0.361. The predicted molar refractivity (Wildman–Crippen MR) is 117 cm³/mol. The van der Waals surface area contributed by atoms with E-state index in [4.69, 9.17) is 48.7 Å². The highest BCUT2D eigenvalue weighted by atomic mass is 35.5. The summed E-state index contributed by atoms with van der Waals surface area (Å²) in [7, 11) is 0. The zero-order chi connectivity index (χ0) is 21.7. The van der Waals surface area contributed by atoms with Gasteiger partial charge in [0, 0.05) is 5.41 Å².